The zero-order valence-corrected chi connectivity index (χ0v) is 21.8. The summed E-state index contributed by atoms with van der Waals surface area (Å²) in [6.07, 6.45) is 6.10. The van der Waals surface area contributed by atoms with Crippen molar-refractivity contribution in [2.24, 2.45) is 11.8 Å². The van der Waals surface area contributed by atoms with Crippen LogP contribution in [0.25, 0.3) is 12.2 Å². The summed E-state index contributed by atoms with van der Waals surface area (Å²) in [5.74, 6) is 1.25. The van der Waals surface area contributed by atoms with Crippen LogP contribution in [0.3, 0.4) is 0 Å². The number of benzene rings is 1. The Morgan fingerprint density at radius 3 is 2.66 bits per heavy atom. The molecule has 1 heterocycles. The van der Waals surface area contributed by atoms with Gasteiger partial charge in [0, 0.05) is 17.7 Å². The van der Waals surface area contributed by atoms with E-state index in [4.69, 9.17) is 14.2 Å². The Kier molecular flexibility index (Phi) is 9.14. The van der Waals surface area contributed by atoms with Gasteiger partial charge in [0.05, 0.1) is 31.4 Å². The van der Waals surface area contributed by atoms with Crippen LogP contribution in [0.4, 0.5) is 0 Å². The molecule has 0 aliphatic heterocycles. The van der Waals surface area contributed by atoms with Crippen molar-refractivity contribution >= 4 is 35.4 Å². The van der Waals surface area contributed by atoms with Gasteiger partial charge in [0.2, 0.25) is 5.91 Å². The van der Waals surface area contributed by atoms with Gasteiger partial charge in [-0.05, 0) is 43.4 Å². The van der Waals surface area contributed by atoms with E-state index in [-0.39, 0.29) is 30.7 Å². The molecule has 2 aromatic rings. The lowest BCUT2D eigenvalue weighted by atomic mass is 9.78. The van der Waals surface area contributed by atoms with E-state index in [1.165, 1.54) is 17.8 Å². The minimum atomic E-state index is -0.564. The molecule has 1 saturated carbocycles. The highest BCUT2D eigenvalue weighted by Gasteiger charge is 2.28. The first kappa shape index (κ1) is 26.5. The number of nitrogens with one attached hydrogen (secondary N) is 1. The molecule has 1 aromatic heterocycles. The Labute approximate surface area is 209 Å². The van der Waals surface area contributed by atoms with E-state index in [9.17, 15) is 14.4 Å². The van der Waals surface area contributed by atoms with Crippen molar-refractivity contribution in [3.63, 3.8) is 0 Å². The highest BCUT2D eigenvalue weighted by Crippen LogP contribution is 2.29. The lowest BCUT2D eigenvalue weighted by Gasteiger charge is -2.34. The Morgan fingerprint density at radius 1 is 1.20 bits per heavy atom. The van der Waals surface area contributed by atoms with Crippen LogP contribution in [-0.4, -0.2) is 43.3 Å². The van der Waals surface area contributed by atoms with Gasteiger partial charge in [-0.15, -0.1) is 11.3 Å². The van der Waals surface area contributed by atoms with Gasteiger partial charge in [0.1, 0.15) is 22.7 Å². The number of carbonyl (C=O) groups is 2. The fourth-order valence-corrected chi connectivity index (χ4v) is 5.36. The fraction of sp³-hybridized carbons (Fsp3) is 0.500. The van der Waals surface area contributed by atoms with Crippen LogP contribution in [-0.2, 0) is 20.9 Å². The monoisotopic (exact) mass is 502 g/mol. The van der Waals surface area contributed by atoms with E-state index in [1.54, 1.807) is 38.3 Å². The molecule has 3 atom stereocenters. The number of aromatic nitrogens is 1. The van der Waals surface area contributed by atoms with E-state index < -0.39 is 5.97 Å². The summed E-state index contributed by atoms with van der Waals surface area (Å²) in [6, 6.07) is 5.36. The standard InChI is InChI=1S/C26H34N2O6S/c1-6-34-25(30)14-24-28(15-23(29)27-20-9-7-8-16(2)17(20)3)26(31)22(35-24)12-18-10-11-19(32-4)13-21(18)33-5/h10-14,16-17,20H,6-9,15H2,1-5H3,(H,27,29)/b22-12-,24-14-/t16-,17+,20-/m1/s1. The molecule has 0 unspecified atom stereocenters. The maximum Gasteiger partial charge on any atom is 0.333 e. The van der Waals surface area contributed by atoms with Gasteiger partial charge in [-0.2, -0.15) is 0 Å². The van der Waals surface area contributed by atoms with Gasteiger partial charge in [-0.25, -0.2) is 4.79 Å². The van der Waals surface area contributed by atoms with E-state index in [2.05, 4.69) is 19.2 Å². The summed E-state index contributed by atoms with van der Waals surface area (Å²) >= 11 is 1.13. The molecule has 3 rings (SSSR count). The van der Waals surface area contributed by atoms with Crippen molar-refractivity contribution in [2.45, 2.75) is 52.6 Å². The lowest BCUT2D eigenvalue weighted by Crippen LogP contribution is -2.46. The first-order valence-electron chi connectivity index (χ1n) is 11.9. The SMILES string of the molecule is CCOC(=O)/C=c1\s/c(=C\c2ccc(OC)cc2OC)c(=O)n1CC(=O)N[C@@H]1CCC[C@@H](C)[C@@H]1C. The van der Waals surface area contributed by atoms with Crippen molar-refractivity contribution in [1.29, 1.82) is 0 Å². The minimum Gasteiger partial charge on any atom is -0.497 e. The average molecular weight is 503 g/mol. The molecule has 1 aliphatic carbocycles. The summed E-state index contributed by atoms with van der Waals surface area (Å²) in [7, 11) is 3.10. The normalized spacial score (nSPS) is 21.0. The van der Waals surface area contributed by atoms with E-state index >= 15 is 0 Å². The van der Waals surface area contributed by atoms with Gasteiger partial charge in [-0.1, -0.05) is 26.7 Å². The summed E-state index contributed by atoms with van der Waals surface area (Å²) in [4.78, 5) is 38.4. The van der Waals surface area contributed by atoms with Gasteiger partial charge in [0.15, 0.2) is 0 Å². The third-order valence-corrected chi connectivity index (χ3v) is 7.61. The van der Waals surface area contributed by atoms with Crippen LogP contribution in [0.2, 0.25) is 0 Å². The quantitative estimate of drug-likeness (QED) is 0.555. The van der Waals surface area contributed by atoms with Crippen LogP contribution >= 0.6 is 11.3 Å². The zero-order valence-electron chi connectivity index (χ0n) is 21.0. The molecule has 0 bridgehead atoms. The molecule has 1 fully saturated rings. The summed E-state index contributed by atoms with van der Waals surface area (Å²) in [5.41, 5.74) is 0.319. The smallest absolute Gasteiger partial charge is 0.333 e. The molecule has 9 heteroatoms. The molecule has 8 nitrogen and oxygen atoms in total. The molecular weight excluding hydrogens is 468 g/mol. The summed E-state index contributed by atoms with van der Waals surface area (Å²) < 4.78 is 17.8. The molecule has 1 aromatic carbocycles. The van der Waals surface area contributed by atoms with Crippen LogP contribution in [0, 0.1) is 11.8 Å². The topological polar surface area (TPSA) is 95.9 Å². The Morgan fingerprint density at radius 2 is 1.97 bits per heavy atom. The Bertz CT molecular complexity index is 1230. The molecule has 0 spiro atoms. The zero-order chi connectivity index (χ0) is 25.5. The summed E-state index contributed by atoms with van der Waals surface area (Å²) in [5, 5.41) is 3.10. The number of hydrogen-bond donors (Lipinski definition) is 1. The van der Waals surface area contributed by atoms with Crippen LogP contribution < -0.4 is 29.5 Å². The number of amides is 1. The number of nitrogens with zero attached hydrogens (tertiary/aromatic N) is 1. The van der Waals surface area contributed by atoms with Crippen molar-refractivity contribution in [3.05, 3.63) is 43.3 Å². The van der Waals surface area contributed by atoms with Gasteiger partial charge in [0.25, 0.3) is 5.56 Å². The number of thiazole rings is 1. The third kappa shape index (κ3) is 6.54. The molecule has 35 heavy (non-hydrogen) atoms. The lowest BCUT2D eigenvalue weighted by molar-refractivity contribution is -0.135. The number of carbonyl (C=O) groups excluding carboxylic acids is 2. The molecular formula is C26H34N2O6S. The molecule has 1 amide bonds. The van der Waals surface area contributed by atoms with E-state index in [0.717, 1.165) is 30.6 Å². The first-order chi connectivity index (χ1) is 16.8. The van der Waals surface area contributed by atoms with Crippen molar-refractivity contribution in [3.8, 4) is 11.5 Å². The number of methoxy groups -OCH3 is 2. The van der Waals surface area contributed by atoms with Crippen LogP contribution in [0.15, 0.2) is 23.0 Å². The highest BCUT2D eigenvalue weighted by atomic mass is 32.1. The Hall–Kier alpha value is -3.07. The van der Waals surface area contributed by atoms with Crippen molar-refractivity contribution in [2.75, 3.05) is 20.8 Å². The number of rotatable bonds is 8. The minimum absolute atomic E-state index is 0.0765. The molecule has 190 valence electrons. The number of ether oxygens (including phenoxy) is 3. The molecule has 0 radical (unpaired) electrons. The van der Waals surface area contributed by atoms with Crippen molar-refractivity contribution < 1.29 is 23.8 Å². The van der Waals surface area contributed by atoms with E-state index in [1.807, 2.05) is 0 Å². The van der Waals surface area contributed by atoms with Crippen LogP contribution in [0.5, 0.6) is 11.5 Å². The largest absolute Gasteiger partial charge is 0.497 e. The van der Waals surface area contributed by atoms with E-state index in [0.29, 0.717) is 38.1 Å². The van der Waals surface area contributed by atoms with Crippen molar-refractivity contribution in [1.82, 2.24) is 9.88 Å². The maximum atomic E-state index is 13.3. The predicted molar refractivity (Wildman–Crippen MR) is 136 cm³/mol. The van der Waals surface area contributed by atoms with Gasteiger partial charge >= 0.3 is 5.97 Å². The molecule has 1 aliphatic rings. The number of hydrogen-bond acceptors (Lipinski definition) is 7. The predicted octanol–water partition coefficient (Wildman–Crippen LogP) is 2.04. The summed E-state index contributed by atoms with van der Waals surface area (Å²) in [6.45, 7) is 6.11. The molecule has 1 N–H and O–H groups in total. The Balaban J connectivity index is 1.99. The number of esters is 1. The maximum absolute atomic E-state index is 13.3. The van der Waals surface area contributed by atoms with Gasteiger partial charge in [-0.3, -0.25) is 14.2 Å². The second-order valence-electron chi connectivity index (χ2n) is 8.79. The molecule has 0 saturated heterocycles. The van der Waals surface area contributed by atoms with Crippen LogP contribution in [0.1, 0.15) is 45.6 Å². The third-order valence-electron chi connectivity index (χ3n) is 6.55. The first-order valence-corrected chi connectivity index (χ1v) is 12.7. The fourth-order valence-electron chi connectivity index (χ4n) is 4.34. The second-order valence-corrected chi connectivity index (χ2v) is 9.85. The highest BCUT2D eigenvalue weighted by molar-refractivity contribution is 7.07. The average Bonchev–Trinajstić information content (AvgIpc) is 3.11. The van der Waals surface area contributed by atoms with Gasteiger partial charge < -0.3 is 19.5 Å². The second kappa shape index (κ2) is 12.1.